The number of aliphatic hydroxyl groups is 3. The normalized spacial score (nSPS) is 42.9. The second-order valence-corrected chi connectivity index (χ2v) is 4.47. The minimum Gasteiger partial charge on any atom is -0.388 e. The van der Waals surface area contributed by atoms with Gasteiger partial charge in [-0.25, -0.2) is 4.57 Å². The van der Waals surface area contributed by atoms with E-state index in [0.717, 1.165) is 0 Å². The lowest BCUT2D eigenvalue weighted by molar-refractivity contribution is -0.271. The highest BCUT2D eigenvalue weighted by Crippen LogP contribution is 2.40. The Morgan fingerprint density at radius 3 is 2.13 bits per heavy atom. The summed E-state index contributed by atoms with van der Waals surface area (Å²) in [7, 11) is -4.82. The molecule has 0 amide bonds. The first-order chi connectivity index (χ1) is 6.72. The molecule has 0 aromatic rings. The Labute approximate surface area is 85.3 Å². The van der Waals surface area contributed by atoms with E-state index in [1.54, 1.807) is 0 Å². The van der Waals surface area contributed by atoms with Crippen LogP contribution in [0.5, 0.6) is 0 Å². The lowest BCUT2D eigenvalue weighted by Gasteiger charge is -2.38. The van der Waals surface area contributed by atoms with Gasteiger partial charge in [0.05, 0.1) is 6.10 Å². The van der Waals surface area contributed by atoms with Gasteiger partial charge in [0.2, 0.25) is 0 Å². The molecule has 1 rings (SSSR count). The van der Waals surface area contributed by atoms with Crippen LogP contribution in [-0.2, 0) is 13.8 Å². The van der Waals surface area contributed by atoms with Gasteiger partial charge in [0, 0.05) is 0 Å². The SMILES string of the molecule is C[C@H]1O[C@H](OP(=O)(O)O)[C@@H](O)[C@@H](O)[C@@H]1O. The molecule has 1 heterocycles. The van der Waals surface area contributed by atoms with Crippen LogP contribution in [0.4, 0.5) is 0 Å². The number of ether oxygens (including phenoxy) is 1. The lowest BCUT2D eigenvalue weighted by atomic mass is 10.0. The summed E-state index contributed by atoms with van der Waals surface area (Å²) in [6.45, 7) is 1.37. The van der Waals surface area contributed by atoms with Crippen molar-refractivity contribution in [2.45, 2.75) is 37.6 Å². The highest BCUT2D eigenvalue weighted by Gasteiger charge is 2.44. The Morgan fingerprint density at radius 1 is 1.13 bits per heavy atom. The molecule has 5 atom stereocenters. The second-order valence-electron chi connectivity index (χ2n) is 3.28. The molecule has 0 spiro atoms. The van der Waals surface area contributed by atoms with Crippen LogP contribution >= 0.6 is 7.82 Å². The fourth-order valence-corrected chi connectivity index (χ4v) is 1.68. The number of hydrogen-bond donors (Lipinski definition) is 5. The van der Waals surface area contributed by atoms with Gasteiger partial charge in [0.15, 0.2) is 6.29 Å². The molecule has 1 aliphatic rings. The molecule has 5 N–H and O–H groups in total. The van der Waals surface area contributed by atoms with Gasteiger partial charge >= 0.3 is 7.82 Å². The van der Waals surface area contributed by atoms with Crippen molar-refractivity contribution in [2.24, 2.45) is 0 Å². The number of phosphoric acid groups is 1. The van der Waals surface area contributed by atoms with Crippen molar-refractivity contribution in [3.63, 3.8) is 0 Å². The summed E-state index contributed by atoms with van der Waals surface area (Å²) in [5.41, 5.74) is 0. The third kappa shape index (κ3) is 3.20. The second kappa shape index (κ2) is 4.44. The van der Waals surface area contributed by atoms with Crippen LogP contribution in [-0.4, -0.2) is 55.8 Å². The quantitative estimate of drug-likeness (QED) is 0.349. The van der Waals surface area contributed by atoms with Crippen LogP contribution in [0.1, 0.15) is 6.92 Å². The maximum absolute atomic E-state index is 10.5. The Kier molecular flexibility index (Phi) is 3.85. The van der Waals surface area contributed by atoms with Crippen molar-refractivity contribution in [3.8, 4) is 0 Å². The Hall–Kier alpha value is -0.0500. The maximum atomic E-state index is 10.5. The average Bonchev–Trinajstić information content (AvgIpc) is 2.08. The van der Waals surface area contributed by atoms with E-state index in [1.807, 2.05) is 0 Å². The third-order valence-corrected chi connectivity index (χ3v) is 2.53. The summed E-state index contributed by atoms with van der Waals surface area (Å²) in [6, 6.07) is 0. The molecule has 8 nitrogen and oxygen atoms in total. The van der Waals surface area contributed by atoms with Crippen molar-refractivity contribution in [2.75, 3.05) is 0 Å². The van der Waals surface area contributed by atoms with E-state index in [9.17, 15) is 19.9 Å². The zero-order valence-electron chi connectivity index (χ0n) is 7.79. The van der Waals surface area contributed by atoms with E-state index >= 15 is 0 Å². The van der Waals surface area contributed by atoms with E-state index < -0.39 is 38.5 Å². The van der Waals surface area contributed by atoms with Crippen molar-refractivity contribution in [3.05, 3.63) is 0 Å². The maximum Gasteiger partial charge on any atom is 0.472 e. The molecule has 15 heavy (non-hydrogen) atoms. The number of rotatable bonds is 2. The van der Waals surface area contributed by atoms with Crippen molar-refractivity contribution >= 4 is 7.82 Å². The Balaban J connectivity index is 2.71. The molecule has 0 saturated carbocycles. The predicted octanol–water partition coefficient (Wildman–Crippen LogP) is -2.08. The molecule has 0 aliphatic carbocycles. The summed E-state index contributed by atoms with van der Waals surface area (Å²) in [6.07, 6.45) is -7.20. The highest BCUT2D eigenvalue weighted by atomic mass is 31.2. The minimum absolute atomic E-state index is 0.903. The molecular weight excluding hydrogens is 231 g/mol. The molecule has 0 aromatic heterocycles. The van der Waals surface area contributed by atoms with E-state index in [2.05, 4.69) is 4.52 Å². The smallest absolute Gasteiger partial charge is 0.388 e. The third-order valence-electron chi connectivity index (χ3n) is 2.05. The van der Waals surface area contributed by atoms with Gasteiger partial charge in [-0.3, -0.25) is 4.52 Å². The fraction of sp³-hybridized carbons (Fsp3) is 1.00. The van der Waals surface area contributed by atoms with E-state index in [4.69, 9.17) is 14.5 Å². The largest absolute Gasteiger partial charge is 0.472 e. The zero-order chi connectivity index (χ0) is 11.8. The van der Waals surface area contributed by atoms with Gasteiger partial charge in [-0.1, -0.05) is 0 Å². The molecular formula is C6H13O8P. The number of hydrogen-bond acceptors (Lipinski definition) is 6. The highest BCUT2D eigenvalue weighted by molar-refractivity contribution is 7.46. The number of phosphoric ester groups is 1. The van der Waals surface area contributed by atoms with E-state index in [0.29, 0.717) is 0 Å². The summed E-state index contributed by atoms with van der Waals surface area (Å²) in [5.74, 6) is 0. The number of aliphatic hydroxyl groups excluding tert-OH is 3. The molecule has 90 valence electrons. The van der Waals surface area contributed by atoms with Crippen LogP contribution in [0.15, 0.2) is 0 Å². The molecule has 1 aliphatic heterocycles. The van der Waals surface area contributed by atoms with Gasteiger partial charge < -0.3 is 29.8 Å². The fourth-order valence-electron chi connectivity index (χ4n) is 1.24. The van der Waals surface area contributed by atoms with E-state index in [-0.39, 0.29) is 0 Å². The topological polar surface area (TPSA) is 137 Å². The van der Waals surface area contributed by atoms with Crippen LogP contribution in [0.25, 0.3) is 0 Å². The van der Waals surface area contributed by atoms with Crippen molar-refractivity contribution < 1.29 is 38.9 Å². The van der Waals surface area contributed by atoms with Crippen LogP contribution < -0.4 is 0 Å². The Morgan fingerprint density at radius 2 is 1.67 bits per heavy atom. The molecule has 1 saturated heterocycles. The minimum atomic E-state index is -4.82. The molecule has 0 radical (unpaired) electrons. The summed E-state index contributed by atoms with van der Waals surface area (Å²) < 4.78 is 19.4. The first-order valence-electron chi connectivity index (χ1n) is 4.16. The first-order valence-corrected chi connectivity index (χ1v) is 5.69. The molecule has 0 unspecified atom stereocenters. The van der Waals surface area contributed by atoms with Gasteiger partial charge in [0.1, 0.15) is 18.3 Å². The monoisotopic (exact) mass is 244 g/mol. The Bertz CT molecular complexity index is 264. The molecule has 0 aromatic carbocycles. The molecule has 9 heteroatoms. The van der Waals surface area contributed by atoms with E-state index in [1.165, 1.54) is 6.92 Å². The van der Waals surface area contributed by atoms with Crippen LogP contribution in [0.2, 0.25) is 0 Å². The van der Waals surface area contributed by atoms with Gasteiger partial charge in [-0.2, -0.15) is 0 Å². The van der Waals surface area contributed by atoms with Crippen LogP contribution in [0, 0.1) is 0 Å². The van der Waals surface area contributed by atoms with Crippen molar-refractivity contribution in [1.82, 2.24) is 0 Å². The summed E-state index contributed by atoms with van der Waals surface area (Å²) in [5, 5.41) is 27.8. The van der Waals surface area contributed by atoms with Gasteiger partial charge in [-0.15, -0.1) is 0 Å². The summed E-state index contributed by atoms with van der Waals surface area (Å²) >= 11 is 0. The van der Waals surface area contributed by atoms with Crippen LogP contribution in [0.3, 0.4) is 0 Å². The predicted molar refractivity (Wildman–Crippen MR) is 45.5 cm³/mol. The summed E-state index contributed by atoms with van der Waals surface area (Å²) in [4.78, 5) is 17.0. The van der Waals surface area contributed by atoms with Crippen molar-refractivity contribution in [1.29, 1.82) is 0 Å². The van der Waals surface area contributed by atoms with Gasteiger partial charge in [0.25, 0.3) is 0 Å². The first kappa shape index (κ1) is 13.0. The average molecular weight is 244 g/mol. The molecule has 0 bridgehead atoms. The van der Waals surface area contributed by atoms with Gasteiger partial charge in [-0.05, 0) is 6.92 Å². The zero-order valence-corrected chi connectivity index (χ0v) is 8.69. The lowest BCUT2D eigenvalue weighted by Crippen LogP contribution is -2.57. The molecule has 1 fully saturated rings. The standard InChI is InChI=1S/C6H13O8P/c1-2-3(7)4(8)5(9)6(13-2)14-15(10,11)12/h2-9H,1H3,(H2,10,11,12)/t2-,3-,4+,5+,6-/m1/s1.